The molecule has 7 heteroatoms. The van der Waals surface area contributed by atoms with E-state index in [9.17, 15) is 19.3 Å². The highest BCUT2D eigenvalue weighted by Gasteiger charge is 2.24. The van der Waals surface area contributed by atoms with Crippen LogP contribution in [0, 0.1) is 10.1 Å². The third-order valence-electron chi connectivity index (χ3n) is 2.09. The maximum absolute atomic E-state index is 13.0. The molecule has 1 aromatic rings. The molecule has 0 atom stereocenters. The van der Waals surface area contributed by atoms with Crippen LogP contribution in [0.4, 0.5) is 20.6 Å². The maximum atomic E-state index is 13.0. The lowest BCUT2D eigenvalue weighted by Gasteiger charge is -2.25. The number of nitro groups is 1. The second-order valence-electron chi connectivity index (χ2n) is 4.80. The minimum Gasteiger partial charge on any atom is -0.443 e. The van der Waals surface area contributed by atoms with Gasteiger partial charge < -0.3 is 4.74 Å². The summed E-state index contributed by atoms with van der Waals surface area (Å²) < 4.78 is 18.0. The number of hydrogen-bond donors (Lipinski definition) is 0. The highest BCUT2D eigenvalue weighted by atomic mass is 19.1. The van der Waals surface area contributed by atoms with Crippen LogP contribution in [0.5, 0.6) is 0 Å². The van der Waals surface area contributed by atoms with Gasteiger partial charge in [-0.05, 0) is 26.8 Å². The first-order valence-corrected chi connectivity index (χ1v) is 5.55. The molecule has 0 aliphatic carbocycles. The Morgan fingerprint density at radius 3 is 2.58 bits per heavy atom. The Hall–Kier alpha value is -2.18. The average molecular weight is 270 g/mol. The summed E-state index contributed by atoms with van der Waals surface area (Å²) in [6, 6.07) is 5.15. The Morgan fingerprint density at radius 1 is 1.47 bits per heavy atom. The van der Waals surface area contributed by atoms with Crippen molar-refractivity contribution < 1.29 is 18.8 Å². The van der Waals surface area contributed by atoms with Crippen LogP contribution in [0.15, 0.2) is 24.3 Å². The predicted molar refractivity (Wildman–Crippen MR) is 67.8 cm³/mol. The van der Waals surface area contributed by atoms with Crippen molar-refractivity contribution in [1.29, 1.82) is 0 Å². The third kappa shape index (κ3) is 4.20. The van der Waals surface area contributed by atoms with E-state index in [1.165, 1.54) is 18.2 Å². The number of alkyl halides is 1. The molecule has 0 fully saturated rings. The normalized spacial score (nSPS) is 10.9. The standard InChI is InChI=1S/C12H15FN2O4/c1-12(2,3)19-11(16)14(8-13)9-5-4-6-10(7-9)15(17)18/h4-7H,8H2,1-3H3. The molecule has 0 unspecified atom stereocenters. The molecule has 0 N–H and O–H groups in total. The van der Waals surface area contributed by atoms with Gasteiger partial charge in [-0.25, -0.2) is 14.1 Å². The largest absolute Gasteiger partial charge is 0.443 e. The number of carbonyl (C=O) groups excluding carboxylic acids is 1. The van der Waals surface area contributed by atoms with Crippen molar-refractivity contribution in [3.8, 4) is 0 Å². The summed E-state index contributed by atoms with van der Waals surface area (Å²) in [6.07, 6.45) is -0.893. The van der Waals surface area contributed by atoms with Crippen molar-refractivity contribution in [2.45, 2.75) is 26.4 Å². The number of ether oxygens (including phenoxy) is 1. The summed E-state index contributed by atoms with van der Waals surface area (Å²) in [4.78, 5) is 22.5. The minimum atomic E-state index is -1.13. The Bertz CT molecular complexity index is 485. The Labute approximate surface area is 109 Å². The van der Waals surface area contributed by atoms with Crippen molar-refractivity contribution >= 4 is 17.5 Å². The van der Waals surface area contributed by atoms with Crippen molar-refractivity contribution in [1.82, 2.24) is 0 Å². The molecule has 0 spiro atoms. The van der Waals surface area contributed by atoms with Crippen LogP contribution >= 0.6 is 0 Å². The van der Waals surface area contributed by atoms with Gasteiger partial charge in [-0.2, -0.15) is 0 Å². The smallest absolute Gasteiger partial charge is 0.416 e. The predicted octanol–water partition coefficient (Wildman–Crippen LogP) is 3.26. The molecule has 1 aromatic carbocycles. The van der Waals surface area contributed by atoms with Crippen molar-refractivity contribution in [3.63, 3.8) is 0 Å². The van der Waals surface area contributed by atoms with Crippen LogP contribution in [0.3, 0.4) is 0 Å². The van der Waals surface area contributed by atoms with Gasteiger partial charge >= 0.3 is 6.09 Å². The molecule has 1 rings (SSSR count). The van der Waals surface area contributed by atoms with Gasteiger partial charge in [0, 0.05) is 12.1 Å². The number of nitrogens with zero attached hydrogens (tertiary/aromatic N) is 2. The van der Waals surface area contributed by atoms with E-state index in [2.05, 4.69) is 0 Å². The SMILES string of the molecule is CC(C)(C)OC(=O)N(CF)c1cccc([N+](=O)[O-])c1. The second kappa shape index (κ2) is 5.64. The monoisotopic (exact) mass is 270 g/mol. The van der Waals surface area contributed by atoms with Crippen LogP contribution in [0.2, 0.25) is 0 Å². The summed E-state index contributed by atoms with van der Waals surface area (Å²) >= 11 is 0. The Balaban J connectivity index is 3.00. The third-order valence-corrected chi connectivity index (χ3v) is 2.09. The number of rotatable bonds is 3. The first-order valence-electron chi connectivity index (χ1n) is 5.55. The lowest BCUT2D eigenvalue weighted by atomic mass is 10.2. The number of hydrogen-bond acceptors (Lipinski definition) is 4. The molecule has 0 heterocycles. The summed E-state index contributed by atoms with van der Waals surface area (Å²) in [5, 5.41) is 10.6. The van der Waals surface area contributed by atoms with Crippen molar-refractivity contribution in [2.75, 3.05) is 11.7 Å². The van der Waals surface area contributed by atoms with Crippen LogP contribution < -0.4 is 4.90 Å². The van der Waals surface area contributed by atoms with Gasteiger partial charge in [0.05, 0.1) is 10.6 Å². The molecular weight excluding hydrogens is 255 g/mol. The number of anilines is 1. The van der Waals surface area contributed by atoms with Crippen LogP contribution in [0.1, 0.15) is 20.8 Å². The van der Waals surface area contributed by atoms with E-state index in [1.807, 2.05) is 0 Å². The van der Waals surface area contributed by atoms with E-state index < -0.39 is 23.4 Å². The van der Waals surface area contributed by atoms with Crippen molar-refractivity contribution in [2.24, 2.45) is 0 Å². The van der Waals surface area contributed by atoms with Gasteiger partial charge in [-0.1, -0.05) is 6.07 Å². The highest BCUT2D eigenvalue weighted by molar-refractivity contribution is 5.88. The summed E-state index contributed by atoms with van der Waals surface area (Å²) in [7, 11) is 0. The van der Waals surface area contributed by atoms with Crippen LogP contribution in [-0.4, -0.2) is 23.4 Å². The average Bonchev–Trinajstić information content (AvgIpc) is 2.27. The molecule has 6 nitrogen and oxygen atoms in total. The zero-order valence-electron chi connectivity index (χ0n) is 10.9. The molecule has 0 saturated heterocycles. The van der Waals surface area contributed by atoms with Crippen molar-refractivity contribution in [3.05, 3.63) is 34.4 Å². The lowest BCUT2D eigenvalue weighted by Crippen LogP contribution is -2.36. The molecule has 0 bridgehead atoms. The number of halogens is 1. The fourth-order valence-electron chi connectivity index (χ4n) is 1.31. The molecule has 19 heavy (non-hydrogen) atoms. The van der Waals surface area contributed by atoms with E-state index in [0.717, 1.165) is 6.07 Å². The molecule has 0 aliphatic rings. The zero-order valence-corrected chi connectivity index (χ0v) is 10.9. The van der Waals surface area contributed by atoms with Crippen LogP contribution in [-0.2, 0) is 4.74 Å². The Morgan fingerprint density at radius 2 is 2.11 bits per heavy atom. The number of non-ortho nitro benzene ring substituents is 1. The molecule has 0 aliphatic heterocycles. The second-order valence-corrected chi connectivity index (χ2v) is 4.80. The van der Waals surface area contributed by atoms with Gasteiger partial charge in [-0.15, -0.1) is 0 Å². The number of nitro benzene ring substituents is 1. The lowest BCUT2D eigenvalue weighted by molar-refractivity contribution is -0.384. The molecule has 0 radical (unpaired) electrons. The topological polar surface area (TPSA) is 72.7 Å². The van der Waals surface area contributed by atoms with Gasteiger partial charge in [0.1, 0.15) is 5.60 Å². The summed E-state index contributed by atoms with van der Waals surface area (Å²) in [5.74, 6) is 0. The number of carbonyl (C=O) groups is 1. The van der Waals surface area contributed by atoms with E-state index in [-0.39, 0.29) is 11.4 Å². The summed E-state index contributed by atoms with van der Waals surface area (Å²) in [5.41, 5.74) is -0.920. The fraction of sp³-hybridized carbons (Fsp3) is 0.417. The highest BCUT2D eigenvalue weighted by Crippen LogP contribution is 2.23. The number of benzene rings is 1. The fourth-order valence-corrected chi connectivity index (χ4v) is 1.31. The molecular formula is C12H15FN2O4. The van der Waals surface area contributed by atoms with E-state index in [0.29, 0.717) is 4.90 Å². The molecule has 0 aromatic heterocycles. The van der Waals surface area contributed by atoms with E-state index in [1.54, 1.807) is 20.8 Å². The number of amides is 1. The van der Waals surface area contributed by atoms with E-state index >= 15 is 0 Å². The molecule has 104 valence electrons. The zero-order chi connectivity index (χ0) is 14.6. The maximum Gasteiger partial charge on any atom is 0.416 e. The first kappa shape index (κ1) is 14.9. The van der Waals surface area contributed by atoms with Gasteiger partial charge in [0.25, 0.3) is 5.69 Å². The van der Waals surface area contributed by atoms with Gasteiger partial charge in [0.15, 0.2) is 6.80 Å². The quantitative estimate of drug-likeness (QED) is 0.480. The van der Waals surface area contributed by atoms with Gasteiger partial charge in [0.2, 0.25) is 0 Å². The van der Waals surface area contributed by atoms with Gasteiger partial charge in [-0.3, -0.25) is 10.1 Å². The summed E-state index contributed by atoms with van der Waals surface area (Å²) in [6.45, 7) is 3.81. The molecule has 1 amide bonds. The molecule has 0 saturated carbocycles. The Kier molecular flexibility index (Phi) is 4.42. The minimum absolute atomic E-state index is 0.0750. The first-order chi connectivity index (χ1) is 8.74. The van der Waals surface area contributed by atoms with E-state index in [4.69, 9.17) is 4.74 Å². The van der Waals surface area contributed by atoms with Crippen LogP contribution in [0.25, 0.3) is 0 Å².